The van der Waals surface area contributed by atoms with Gasteiger partial charge in [-0.1, -0.05) is 17.7 Å². The minimum atomic E-state index is -4.67. The Bertz CT molecular complexity index is 1110. The average molecular weight is 455 g/mol. The van der Waals surface area contributed by atoms with Crippen LogP contribution in [0.15, 0.2) is 70.9 Å². The van der Waals surface area contributed by atoms with Crippen molar-refractivity contribution in [3.8, 4) is 0 Å². The lowest BCUT2D eigenvalue weighted by Gasteiger charge is -2.12. The molecule has 0 unspecified atom stereocenters. The van der Waals surface area contributed by atoms with Crippen LogP contribution in [0, 0.1) is 11.6 Å². The number of halogens is 6. The third-order valence-corrected chi connectivity index (χ3v) is 4.19. The first-order valence-corrected chi connectivity index (χ1v) is 8.92. The van der Waals surface area contributed by atoms with E-state index in [4.69, 9.17) is 11.6 Å². The van der Waals surface area contributed by atoms with Crippen molar-refractivity contribution in [2.24, 2.45) is 10.2 Å². The van der Waals surface area contributed by atoms with Gasteiger partial charge >= 0.3 is 12.2 Å². The SMILES string of the molecule is O=C(Nc1ccc(N=Nc2c(F)cccc2F)cc1)Nc1ccc(Cl)c(C(F)(F)F)c1. The van der Waals surface area contributed by atoms with Crippen molar-refractivity contribution >= 4 is 40.4 Å². The summed E-state index contributed by atoms with van der Waals surface area (Å²) >= 11 is 5.54. The monoisotopic (exact) mass is 454 g/mol. The fourth-order valence-electron chi connectivity index (χ4n) is 2.42. The van der Waals surface area contributed by atoms with E-state index >= 15 is 0 Å². The molecule has 0 bridgehead atoms. The zero-order valence-corrected chi connectivity index (χ0v) is 16.1. The highest BCUT2D eigenvalue weighted by atomic mass is 35.5. The van der Waals surface area contributed by atoms with E-state index in [9.17, 15) is 26.7 Å². The van der Waals surface area contributed by atoms with Gasteiger partial charge in [0, 0.05) is 11.4 Å². The van der Waals surface area contributed by atoms with Crippen molar-refractivity contribution in [1.29, 1.82) is 0 Å². The van der Waals surface area contributed by atoms with E-state index in [1.54, 1.807) is 0 Å². The second kappa shape index (κ2) is 9.09. The summed E-state index contributed by atoms with van der Waals surface area (Å²) < 4.78 is 65.8. The van der Waals surface area contributed by atoms with Crippen LogP contribution < -0.4 is 10.6 Å². The van der Waals surface area contributed by atoms with E-state index in [1.807, 2.05) is 0 Å². The lowest BCUT2D eigenvalue weighted by molar-refractivity contribution is -0.137. The lowest BCUT2D eigenvalue weighted by atomic mass is 10.2. The van der Waals surface area contributed by atoms with Crippen molar-refractivity contribution in [2.75, 3.05) is 10.6 Å². The third kappa shape index (κ3) is 5.76. The number of carbonyl (C=O) groups is 1. The quantitative estimate of drug-likeness (QED) is 0.308. The molecule has 0 spiro atoms. The van der Waals surface area contributed by atoms with Crippen molar-refractivity contribution in [3.05, 3.63) is 82.9 Å². The summed E-state index contributed by atoms with van der Waals surface area (Å²) in [5.41, 5.74) is -1.18. The van der Waals surface area contributed by atoms with Gasteiger partial charge in [0.2, 0.25) is 0 Å². The van der Waals surface area contributed by atoms with E-state index in [-0.39, 0.29) is 11.4 Å². The van der Waals surface area contributed by atoms with Gasteiger partial charge in [-0.05, 0) is 54.6 Å². The molecule has 2 N–H and O–H groups in total. The van der Waals surface area contributed by atoms with Crippen LogP contribution in [0.1, 0.15) is 5.56 Å². The van der Waals surface area contributed by atoms with Gasteiger partial charge < -0.3 is 10.6 Å². The van der Waals surface area contributed by atoms with Crippen molar-refractivity contribution in [3.63, 3.8) is 0 Å². The highest BCUT2D eigenvalue weighted by Gasteiger charge is 2.33. The fraction of sp³-hybridized carbons (Fsp3) is 0.0500. The normalized spacial score (nSPS) is 11.5. The molecule has 0 radical (unpaired) electrons. The van der Waals surface area contributed by atoms with Crippen LogP contribution in [0.2, 0.25) is 5.02 Å². The average Bonchev–Trinajstić information content (AvgIpc) is 2.69. The molecule has 31 heavy (non-hydrogen) atoms. The smallest absolute Gasteiger partial charge is 0.308 e. The Labute approximate surface area is 177 Å². The number of nitrogens with zero attached hydrogens (tertiary/aromatic N) is 2. The van der Waals surface area contributed by atoms with Crippen molar-refractivity contribution in [2.45, 2.75) is 6.18 Å². The molecule has 0 atom stereocenters. The summed E-state index contributed by atoms with van der Waals surface area (Å²) in [4.78, 5) is 12.0. The number of rotatable bonds is 4. The Morgan fingerprint density at radius 2 is 1.42 bits per heavy atom. The van der Waals surface area contributed by atoms with Gasteiger partial charge in [-0.25, -0.2) is 13.6 Å². The van der Waals surface area contributed by atoms with Gasteiger partial charge in [0.25, 0.3) is 0 Å². The lowest BCUT2D eigenvalue weighted by Crippen LogP contribution is -2.19. The summed E-state index contributed by atoms with van der Waals surface area (Å²) in [5.74, 6) is -1.73. The Hall–Kier alpha value is -3.53. The van der Waals surface area contributed by atoms with E-state index < -0.39 is 40.1 Å². The summed E-state index contributed by atoms with van der Waals surface area (Å²) in [7, 11) is 0. The van der Waals surface area contributed by atoms with Crippen molar-refractivity contribution < 1.29 is 26.7 Å². The number of azo groups is 1. The van der Waals surface area contributed by atoms with Gasteiger partial charge in [0.15, 0.2) is 17.3 Å². The number of benzene rings is 3. The van der Waals surface area contributed by atoms with Gasteiger partial charge in [0.1, 0.15) is 0 Å². The van der Waals surface area contributed by atoms with E-state index in [0.717, 1.165) is 18.2 Å². The first-order valence-electron chi connectivity index (χ1n) is 8.54. The molecule has 0 heterocycles. The number of amides is 2. The predicted octanol–water partition coefficient (Wildman–Crippen LogP) is 7.70. The van der Waals surface area contributed by atoms with E-state index in [1.165, 1.54) is 36.4 Å². The zero-order valence-electron chi connectivity index (χ0n) is 15.3. The van der Waals surface area contributed by atoms with Gasteiger partial charge in [-0.3, -0.25) is 0 Å². The number of anilines is 2. The first-order chi connectivity index (χ1) is 14.6. The number of hydrogen-bond acceptors (Lipinski definition) is 3. The molecule has 0 saturated heterocycles. The molecular weight excluding hydrogens is 443 g/mol. The Morgan fingerprint density at radius 3 is 2.03 bits per heavy atom. The number of carbonyl (C=O) groups excluding carboxylic acids is 1. The maximum atomic E-state index is 13.5. The fourth-order valence-corrected chi connectivity index (χ4v) is 2.64. The minimum Gasteiger partial charge on any atom is -0.308 e. The molecule has 0 saturated carbocycles. The Morgan fingerprint density at radius 1 is 0.839 bits per heavy atom. The van der Waals surface area contributed by atoms with E-state index in [0.29, 0.717) is 11.8 Å². The molecule has 160 valence electrons. The van der Waals surface area contributed by atoms with Crippen LogP contribution in [0.3, 0.4) is 0 Å². The summed E-state index contributed by atoms with van der Waals surface area (Å²) in [6.07, 6.45) is -4.67. The highest BCUT2D eigenvalue weighted by molar-refractivity contribution is 6.31. The summed E-state index contributed by atoms with van der Waals surface area (Å²) in [6, 6.07) is 11.1. The second-order valence-electron chi connectivity index (χ2n) is 6.09. The number of urea groups is 1. The molecule has 0 fully saturated rings. The van der Waals surface area contributed by atoms with Gasteiger partial charge in [0.05, 0.1) is 16.3 Å². The maximum absolute atomic E-state index is 13.5. The van der Waals surface area contributed by atoms with Crippen LogP contribution in [0.5, 0.6) is 0 Å². The Kier molecular flexibility index (Phi) is 6.50. The van der Waals surface area contributed by atoms with Crippen LogP contribution in [-0.4, -0.2) is 6.03 Å². The topological polar surface area (TPSA) is 65.8 Å². The molecule has 3 aromatic rings. The van der Waals surface area contributed by atoms with Gasteiger partial charge in [-0.15, -0.1) is 5.11 Å². The van der Waals surface area contributed by atoms with Crippen LogP contribution in [0.4, 0.5) is 49.5 Å². The molecular formula is C20H12ClF5N4O. The van der Waals surface area contributed by atoms with Crippen LogP contribution in [-0.2, 0) is 6.18 Å². The molecule has 11 heteroatoms. The molecule has 3 rings (SSSR count). The number of hydrogen-bond donors (Lipinski definition) is 2. The molecule has 0 aliphatic carbocycles. The molecule has 2 amide bonds. The van der Waals surface area contributed by atoms with Crippen LogP contribution in [0.25, 0.3) is 0 Å². The highest BCUT2D eigenvalue weighted by Crippen LogP contribution is 2.36. The predicted molar refractivity (Wildman–Crippen MR) is 106 cm³/mol. The Balaban J connectivity index is 1.65. The first kappa shape index (κ1) is 22.2. The molecule has 0 aromatic heterocycles. The van der Waals surface area contributed by atoms with Gasteiger partial charge in [-0.2, -0.15) is 18.3 Å². The van der Waals surface area contributed by atoms with Crippen molar-refractivity contribution in [1.82, 2.24) is 0 Å². The largest absolute Gasteiger partial charge is 0.417 e. The minimum absolute atomic E-state index is 0.105. The molecule has 0 aliphatic rings. The standard InChI is InChI=1S/C20H12ClF5N4O/c21-15-9-8-13(10-14(15)20(24,25)26)28-19(31)27-11-4-6-12(7-5-11)29-30-18-16(22)2-1-3-17(18)23/h1-10H,(H2,27,28,31). The molecule has 5 nitrogen and oxygen atoms in total. The van der Waals surface area contributed by atoms with E-state index in [2.05, 4.69) is 20.9 Å². The maximum Gasteiger partial charge on any atom is 0.417 e. The van der Waals surface area contributed by atoms with Crippen LogP contribution >= 0.6 is 11.6 Å². The zero-order chi connectivity index (χ0) is 22.6. The molecule has 3 aromatic carbocycles. The number of alkyl halides is 3. The molecule has 0 aliphatic heterocycles. The summed E-state index contributed by atoms with van der Waals surface area (Å²) in [6.45, 7) is 0. The summed E-state index contributed by atoms with van der Waals surface area (Å²) in [5, 5.41) is 11.5. The number of nitrogens with one attached hydrogen (secondary N) is 2. The second-order valence-corrected chi connectivity index (χ2v) is 6.50. The third-order valence-electron chi connectivity index (χ3n) is 3.86.